The fourth-order valence-electron chi connectivity index (χ4n) is 4.27. The number of nitrogens with zero attached hydrogens (tertiary/aromatic N) is 6. The van der Waals surface area contributed by atoms with Gasteiger partial charge in [0.2, 0.25) is 0 Å². The van der Waals surface area contributed by atoms with Gasteiger partial charge in [-0.3, -0.25) is 9.97 Å². The average molecular weight is 469 g/mol. The molecule has 0 bridgehead atoms. The van der Waals surface area contributed by atoms with Gasteiger partial charge in [0.25, 0.3) is 0 Å². The first-order valence-corrected chi connectivity index (χ1v) is 11.9. The molecule has 0 saturated carbocycles. The van der Waals surface area contributed by atoms with E-state index >= 15 is 0 Å². The predicted octanol–water partition coefficient (Wildman–Crippen LogP) is 4.43. The molecule has 5 heterocycles. The molecular weight excluding hydrogens is 444 g/mol. The molecule has 0 N–H and O–H groups in total. The van der Waals surface area contributed by atoms with E-state index in [-0.39, 0.29) is 0 Å². The molecule has 6 rings (SSSR count). The summed E-state index contributed by atoms with van der Waals surface area (Å²) >= 11 is 0. The molecule has 1 aromatic carbocycles. The summed E-state index contributed by atoms with van der Waals surface area (Å²) in [6, 6.07) is 24.6. The van der Waals surface area contributed by atoms with Crippen molar-refractivity contribution in [2.24, 2.45) is 0 Å². The Kier molecular flexibility index (Phi) is 5.90. The van der Waals surface area contributed by atoms with E-state index in [2.05, 4.69) is 68.2 Å². The van der Waals surface area contributed by atoms with Crippen LogP contribution in [0.1, 0.15) is 11.4 Å². The highest BCUT2D eigenvalue weighted by molar-refractivity contribution is 5.74. The second-order valence-corrected chi connectivity index (χ2v) is 8.60. The van der Waals surface area contributed by atoms with Gasteiger partial charge in [-0.15, -0.1) is 0 Å². The number of pyridine rings is 4. The number of aromatic nitrogens is 6. The zero-order valence-corrected chi connectivity index (χ0v) is 19.6. The summed E-state index contributed by atoms with van der Waals surface area (Å²) < 4.78 is 4.29. The van der Waals surface area contributed by atoms with Crippen molar-refractivity contribution in [3.05, 3.63) is 134 Å². The van der Waals surface area contributed by atoms with Gasteiger partial charge in [-0.25, -0.2) is 9.97 Å². The summed E-state index contributed by atoms with van der Waals surface area (Å²) in [5.74, 6) is 0. The number of para-hydroxylation sites is 2. The topological polar surface area (TPSA) is 59.3 Å². The second kappa shape index (κ2) is 9.80. The molecule has 0 amide bonds. The summed E-state index contributed by atoms with van der Waals surface area (Å²) in [5.41, 5.74) is 8.34. The van der Waals surface area contributed by atoms with Crippen molar-refractivity contribution >= 4 is 11.0 Å². The lowest BCUT2D eigenvalue weighted by atomic mass is 10.1. The molecule has 0 saturated heterocycles. The fourth-order valence-corrected chi connectivity index (χ4v) is 4.27. The highest BCUT2D eigenvalue weighted by atomic mass is 15.0. The zero-order chi connectivity index (χ0) is 24.2. The monoisotopic (exact) mass is 468 g/mol. The van der Waals surface area contributed by atoms with Gasteiger partial charge in [0.15, 0.2) is 37.9 Å². The molecule has 5 aromatic heterocycles. The van der Waals surface area contributed by atoms with Gasteiger partial charge < -0.3 is 0 Å². The normalized spacial score (nSPS) is 11.0. The van der Waals surface area contributed by atoms with Crippen LogP contribution in [0.5, 0.6) is 0 Å². The lowest BCUT2D eigenvalue weighted by molar-refractivity contribution is -0.694. The maximum absolute atomic E-state index is 5.00. The second-order valence-electron chi connectivity index (χ2n) is 8.60. The van der Waals surface area contributed by atoms with Crippen molar-refractivity contribution in [3.8, 4) is 22.3 Å². The predicted molar refractivity (Wildman–Crippen MR) is 137 cm³/mol. The van der Waals surface area contributed by atoms with Crippen LogP contribution < -0.4 is 9.13 Å². The highest BCUT2D eigenvalue weighted by Gasteiger charge is 2.17. The minimum Gasteiger partial charge on any atom is -0.265 e. The largest absolute Gasteiger partial charge is 0.265 e. The number of benzene rings is 1. The first-order chi connectivity index (χ1) is 17.8. The summed E-state index contributed by atoms with van der Waals surface area (Å²) in [4.78, 5) is 18.2. The third-order valence-corrected chi connectivity index (χ3v) is 6.20. The van der Waals surface area contributed by atoms with Crippen LogP contribution in [0.25, 0.3) is 33.3 Å². The van der Waals surface area contributed by atoms with E-state index in [4.69, 9.17) is 9.97 Å². The lowest BCUT2D eigenvalue weighted by Crippen LogP contribution is -2.37. The summed E-state index contributed by atoms with van der Waals surface area (Å²) in [5, 5.41) is 0. The number of fused-ring (bicyclic) bond motifs is 1. The smallest absolute Gasteiger partial charge is 0.192 e. The molecule has 0 radical (unpaired) electrons. The summed E-state index contributed by atoms with van der Waals surface area (Å²) in [6.07, 6.45) is 15.6. The number of rotatable bonds is 6. The van der Waals surface area contributed by atoms with Gasteiger partial charge in [0.1, 0.15) is 11.4 Å². The fraction of sp³-hybridized carbons (Fsp3) is 0.0667. The summed E-state index contributed by atoms with van der Waals surface area (Å²) in [6.45, 7) is 1.28. The highest BCUT2D eigenvalue weighted by Crippen LogP contribution is 2.18. The quantitative estimate of drug-likeness (QED) is 0.340. The Morgan fingerprint density at radius 2 is 0.806 bits per heavy atom. The number of hydrogen-bond acceptors (Lipinski definition) is 4. The Morgan fingerprint density at radius 3 is 1.19 bits per heavy atom. The van der Waals surface area contributed by atoms with Crippen molar-refractivity contribution in [2.75, 3.05) is 0 Å². The molecule has 0 atom stereocenters. The third-order valence-electron chi connectivity index (χ3n) is 6.20. The van der Waals surface area contributed by atoms with Gasteiger partial charge in [-0.1, -0.05) is 12.1 Å². The van der Waals surface area contributed by atoms with Gasteiger partial charge >= 0.3 is 0 Å². The molecule has 6 aromatic rings. The molecule has 0 aliphatic carbocycles. The molecule has 0 unspecified atom stereocenters. The van der Waals surface area contributed by atoms with Crippen LogP contribution in [-0.4, -0.2) is 19.9 Å². The van der Waals surface area contributed by atoms with Crippen molar-refractivity contribution in [1.82, 2.24) is 19.9 Å². The first-order valence-electron chi connectivity index (χ1n) is 11.9. The Labute approximate surface area is 209 Å². The van der Waals surface area contributed by atoms with Gasteiger partial charge in [0, 0.05) is 49.1 Å². The van der Waals surface area contributed by atoms with Crippen molar-refractivity contribution in [3.63, 3.8) is 0 Å². The SMILES string of the molecule is c1ccc2nc(C[n+]3ccc(-c4ccncc4)cc3)c(C[n+]3ccc(-c4ccncc4)cc3)nc2c1. The molecule has 6 heteroatoms. The first kappa shape index (κ1) is 21.7. The molecule has 0 aliphatic rings. The Hall–Kier alpha value is -4.84. The molecule has 0 fully saturated rings. The van der Waals surface area contributed by atoms with Crippen molar-refractivity contribution < 1.29 is 9.13 Å². The van der Waals surface area contributed by atoms with E-state index in [9.17, 15) is 0 Å². The Balaban J connectivity index is 1.30. The Bertz CT molecular complexity index is 1480. The van der Waals surface area contributed by atoms with Gasteiger partial charge in [-0.05, 0) is 58.7 Å². The average Bonchev–Trinajstić information content (AvgIpc) is 2.95. The van der Waals surface area contributed by atoms with E-state index in [1.165, 1.54) is 0 Å². The molecular formula is C30H24N6+2. The van der Waals surface area contributed by atoms with Crippen molar-refractivity contribution in [2.45, 2.75) is 13.1 Å². The standard InChI is InChI=1S/C30H24N6/c1-2-4-28-27(3-1)33-29(21-35-17-9-25(10-18-35)23-5-13-31-14-6-23)30(34-28)22-36-19-11-26(12-20-36)24-7-15-32-16-8-24/h1-20H,21-22H2/q+2. The molecule has 0 spiro atoms. The minimum atomic E-state index is 0.638. The molecule has 172 valence electrons. The zero-order valence-electron chi connectivity index (χ0n) is 19.6. The van der Waals surface area contributed by atoms with Crippen LogP contribution in [0.2, 0.25) is 0 Å². The van der Waals surface area contributed by atoms with E-state index < -0.39 is 0 Å². The third kappa shape index (κ3) is 4.70. The van der Waals surface area contributed by atoms with E-state index in [1.807, 2.05) is 73.3 Å². The number of hydrogen-bond donors (Lipinski definition) is 0. The minimum absolute atomic E-state index is 0.638. The van der Waals surface area contributed by atoms with Crippen LogP contribution in [0.15, 0.2) is 122 Å². The Morgan fingerprint density at radius 1 is 0.444 bits per heavy atom. The summed E-state index contributed by atoms with van der Waals surface area (Å²) in [7, 11) is 0. The molecule has 6 nitrogen and oxygen atoms in total. The molecule has 0 aliphatic heterocycles. The lowest BCUT2D eigenvalue weighted by Gasteiger charge is -2.07. The van der Waals surface area contributed by atoms with Gasteiger partial charge in [0.05, 0.1) is 11.0 Å². The van der Waals surface area contributed by atoms with Crippen LogP contribution in [0, 0.1) is 0 Å². The van der Waals surface area contributed by atoms with Crippen LogP contribution in [0.3, 0.4) is 0 Å². The maximum atomic E-state index is 5.00. The van der Waals surface area contributed by atoms with E-state index in [0.717, 1.165) is 44.7 Å². The van der Waals surface area contributed by atoms with Crippen molar-refractivity contribution in [1.29, 1.82) is 0 Å². The maximum Gasteiger partial charge on any atom is 0.192 e. The van der Waals surface area contributed by atoms with E-state index in [1.54, 1.807) is 0 Å². The van der Waals surface area contributed by atoms with Crippen LogP contribution >= 0.6 is 0 Å². The molecule has 36 heavy (non-hydrogen) atoms. The van der Waals surface area contributed by atoms with Crippen LogP contribution in [-0.2, 0) is 13.1 Å². The van der Waals surface area contributed by atoms with E-state index in [0.29, 0.717) is 13.1 Å². The van der Waals surface area contributed by atoms with Crippen LogP contribution in [0.4, 0.5) is 0 Å². The van der Waals surface area contributed by atoms with Gasteiger partial charge in [-0.2, -0.15) is 9.13 Å².